The molecule has 2 aliphatic rings. The van der Waals surface area contributed by atoms with E-state index in [-0.39, 0.29) is 0 Å². The van der Waals surface area contributed by atoms with Crippen LogP contribution in [-0.4, -0.2) is 17.7 Å². The highest BCUT2D eigenvalue weighted by molar-refractivity contribution is 5.29. The van der Waals surface area contributed by atoms with Crippen molar-refractivity contribution in [3.8, 4) is 5.75 Å². The number of phenolic OH excluding ortho intramolecular Hbond substituents is 1. The second-order valence-corrected chi connectivity index (χ2v) is 8.36. The van der Waals surface area contributed by atoms with E-state index in [1.807, 2.05) is 12.1 Å². The number of benzene rings is 1. The van der Waals surface area contributed by atoms with Gasteiger partial charge in [-0.15, -0.1) is 0 Å². The summed E-state index contributed by atoms with van der Waals surface area (Å²) in [4.78, 5) is 0. The predicted octanol–water partition coefficient (Wildman–Crippen LogP) is 5.61. The molecule has 0 bridgehead atoms. The highest BCUT2D eigenvalue weighted by Crippen LogP contribution is 2.53. The van der Waals surface area contributed by atoms with Gasteiger partial charge >= 0.3 is 0 Å². The van der Waals surface area contributed by atoms with Crippen molar-refractivity contribution >= 4 is 0 Å². The molecule has 2 nitrogen and oxygen atoms in total. The van der Waals surface area contributed by atoms with Gasteiger partial charge in [0.25, 0.3) is 0 Å². The summed E-state index contributed by atoms with van der Waals surface area (Å²) in [5, 5.41) is 13.6. The van der Waals surface area contributed by atoms with E-state index in [1.165, 1.54) is 69.9 Å². The van der Waals surface area contributed by atoms with Crippen LogP contribution in [0.3, 0.4) is 0 Å². The fraction of sp³-hybridized carbons (Fsp3) is 0.727. The minimum Gasteiger partial charge on any atom is -0.508 e. The molecule has 2 heteroatoms. The van der Waals surface area contributed by atoms with Gasteiger partial charge in [0.2, 0.25) is 0 Å². The van der Waals surface area contributed by atoms with Crippen LogP contribution in [0.25, 0.3) is 0 Å². The fourth-order valence-corrected chi connectivity index (χ4v) is 5.51. The molecule has 0 spiro atoms. The molecule has 0 radical (unpaired) electrons. The van der Waals surface area contributed by atoms with Gasteiger partial charge in [-0.3, -0.25) is 0 Å². The van der Waals surface area contributed by atoms with Crippen molar-refractivity contribution in [3.63, 3.8) is 0 Å². The summed E-state index contributed by atoms with van der Waals surface area (Å²) in [5.41, 5.74) is 1.90. The lowest BCUT2D eigenvalue weighted by Crippen LogP contribution is -2.50. The number of phenols is 1. The van der Waals surface area contributed by atoms with Gasteiger partial charge in [0, 0.05) is 6.04 Å². The van der Waals surface area contributed by atoms with Crippen molar-refractivity contribution in [1.29, 1.82) is 0 Å². The Morgan fingerprint density at radius 3 is 2.96 bits per heavy atom. The molecule has 1 aromatic rings. The summed E-state index contributed by atoms with van der Waals surface area (Å²) >= 11 is 0. The van der Waals surface area contributed by atoms with Crippen LogP contribution >= 0.6 is 0 Å². The van der Waals surface area contributed by atoms with Crippen LogP contribution in [0.2, 0.25) is 0 Å². The lowest BCUT2D eigenvalue weighted by molar-refractivity contribution is 0.0790. The first-order valence-electron chi connectivity index (χ1n) is 10.2. The van der Waals surface area contributed by atoms with E-state index in [1.54, 1.807) is 6.07 Å². The Balaban J connectivity index is 1.67. The molecule has 1 heterocycles. The number of fused-ring (bicyclic) bond motifs is 1. The van der Waals surface area contributed by atoms with Crippen LogP contribution in [0.4, 0.5) is 0 Å². The number of rotatable bonds is 7. The van der Waals surface area contributed by atoms with Crippen molar-refractivity contribution in [2.45, 2.75) is 83.6 Å². The Bertz CT molecular complexity index is 528. The van der Waals surface area contributed by atoms with E-state index < -0.39 is 0 Å². The predicted molar refractivity (Wildman–Crippen MR) is 101 cm³/mol. The Morgan fingerprint density at radius 2 is 2.17 bits per heavy atom. The van der Waals surface area contributed by atoms with Gasteiger partial charge in [-0.05, 0) is 73.6 Å². The summed E-state index contributed by atoms with van der Waals surface area (Å²) in [5.74, 6) is 1.76. The maximum atomic E-state index is 9.76. The zero-order valence-electron chi connectivity index (χ0n) is 15.6. The molecule has 1 aliphatic carbocycles. The monoisotopic (exact) mass is 329 g/mol. The quantitative estimate of drug-likeness (QED) is 0.637. The zero-order chi connectivity index (χ0) is 17.0. The van der Waals surface area contributed by atoms with Gasteiger partial charge in [0.1, 0.15) is 5.75 Å². The number of aromatic hydroxyl groups is 1. The van der Waals surface area contributed by atoms with E-state index in [2.05, 4.69) is 25.2 Å². The number of piperidine rings is 1. The molecular weight excluding hydrogens is 294 g/mol. The highest BCUT2D eigenvalue weighted by atomic mass is 16.3. The Morgan fingerprint density at radius 1 is 1.29 bits per heavy atom. The average molecular weight is 330 g/mol. The van der Waals surface area contributed by atoms with Crippen molar-refractivity contribution in [2.75, 3.05) is 6.54 Å². The molecule has 134 valence electrons. The molecule has 0 aromatic heterocycles. The summed E-state index contributed by atoms with van der Waals surface area (Å²) in [6.07, 6.45) is 12.5. The van der Waals surface area contributed by atoms with Gasteiger partial charge in [0.15, 0.2) is 0 Å². The van der Waals surface area contributed by atoms with Gasteiger partial charge in [-0.25, -0.2) is 0 Å². The van der Waals surface area contributed by atoms with Crippen LogP contribution in [0.15, 0.2) is 24.3 Å². The van der Waals surface area contributed by atoms with E-state index in [9.17, 15) is 5.11 Å². The highest BCUT2D eigenvalue weighted by Gasteiger charge is 2.47. The SMILES string of the molecule is CCCCCC12CCCC1C(CC(C)c1cccc(O)c1)NCC2. The molecule has 1 aliphatic heterocycles. The maximum absolute atomic E-state index is 9.76. The first kappa shape index (κ1) is 17.8. The summed E-state index contributed by atoms with van der Waals surface area (Å²) < 4.78 is 0. The number of nitrogens with one attached hydrogen (secondary N) is 1. The maximum Gasteiger partial charge on any atom is 0.115 e. The summed E-state index contributed by atoms with van der Waals surface area (Å²) in [6.45, 7) is 5.82. The Hall–Kier alpha value is -1.02. The Labute approximate surface area is 148 Å². The molecule has 24 heavy (non-hydrogen) atoms. The molecule has 2 N–H and O–H groups in total. The topological polar surface area (TPSA) is 32.3 Å². The van der Waals surface area contributed by atoms with E-state index in [0.29, 0.717) is 23.1 Å². The summed E-state index contributed by atoms with van der Waals surface area (Å²) in [6, 6.07) is 8.50. The van der Waals surface area contributed by atoms with E-state index in [0.717, 1.165) is 5.92 Å². The molecule has 4 unspecified atom stereocenters. The average Bonchev–Trinajstić information content (AvgIpc) is 3.00. The fourth-order valence-electron chi connectivity index (χ4n) is 5.51. The lowest BCUT2D eigenvalue weighted by atomic mass is 9.65. The largest absolute Gasteiger partial charge is 0.508 e. The number of hydrogen-bond donors (Lipinski definition) is 2. The van der Waals surface area contributed by atoms with Crippen molar-refractivity contribution < 1.29 is 5.11 Å². The Kier molecular flexibility index (Phi) is 5.86. The molecule has 3 rings (SSSR count). The molecule has 1 saturated heterocycles. The molecule has 0 amide bonds. The van der Waals surface area contributed by atoms with Gasteiger partial charge < -0.3 is 10.4 Å². The molecule has 1 aromatic carbocycles. The van der Waals surface area contributed by atoms with Crippen molar-refractivity contribution in [3.05, 3.63) is 29.8 Å². The smallest absolute Gasteiger partial charge is 0.115 e. The van der Waals surface area contributed by atoms with Gasteiger partial charge in [0.05, 0.1) is 0 Å². The standard InChI is InChI=1S/C22H35NO/c1-3-4-5-11-22-12-7-10-20(22)21(23-14-13-22)15-17(2)18-8-6-9-19(24)16-18/h6,8-9,16-17,20-21,23-24H,3-5,7,10-15H2,1-2H3. The summed E-state index contributed by atoms with van der Waals surface area (Å²) in [7, 11) is 0. The van der Waals surface area contributed by atoms with Crippen LogP contribution in [0.1, 0.15) is 83.1 Å². The van der Waals surface area contributed by atoms with Gasteiger partial charge in [-0.1, -0.05) is 51.7 Å². The first-order valence-corrected chi connectivity index (χ1v) is 10.2. The third-order valence-corrected chi connectivity index (χ3v) is 6.82. The van der Waals surface area contributed by atoms with Crippen LogP contribution in [0.5, 0.6) is 5.75 Å². The third-order valence-electron chi connectivity index (χ3n) is 6.82. The van der Waals surface area contributed by atoms with Crippen molar-refractivity contribution in [2.24, 2.45) is 11.3 Å². The molecular formula is C22H35NO. The number of hydrogen-bond acceptors (Lipinski definition) is 2. The first-order chi connectivity index (χ1) is 11.6. The molecule has 1 saturated carbocycles. The van der Waals surface area contributed by atoms with E-state index >= 15 is 0 Å². The minimum atomic E-state index is 0.394. The molecule has 2 fully saturated rings. The number of unbranched alkanes of at least 4 members (excludes halogenated alkanes) is 2. The van der Waals surface area contributed by atoms with Gasteiger partial charge in [-0.2, -0.15) is 0 Å². The van der Waals surface area contributed by atoms with Crippen molar-refractivity contribution in [1.82, 2.24) is 5.32 Å². The molecule has 4 atom stereocenters. The minimum absolute atomic E-state index is 0.394. The van der Waals surface area contributed by atoms with E-state index in [4.69, 9.17) is 0 Å². The zero-order valence-corrected chi connectivity index (χ0v) is 15.6. The van der Waals surface area contributed by atoms with Crippen LogP contribution < -0.4 is 5.32 Å². The second-order valence-electron chi connectivity index (χ2n) is 8.36. The lowest BCUT2D eigenvalue weighted by Gasteiger charge is -2.46. The van der Waals surface area contributed by atoms with Crippen LogP contribution in [0, 0.1) is 11.3 Å². The normalized spacial score (nSPS) is 30.9. The second kappa shape index (κ2) is 7.91. The third kappa shape index (κ3) is 3.79. The van der Waals surface area contributed by atoms with Crippen LogP contribution in [-0.2, 0) is 0 Å².